The summed E-state index contributed by atoms with van der Waals surface area (Å²) in [6.07, 6.45) is 0. The van der Waals surface area contributed by atoms with Gasteiger partial charge in [0.25, 0.3) is 0 Å². The molecule has 0 radical (unpaired) electrons. The van der Waals surface area contributed by atoms with Gasteiger partial charge in [-0.2, -0.15) is 5.21 Å². The molecule has 0 amide bonds. The molecule has 0 aliphatic carbocycles. The maximum absolute atomic E-state index is 6.18. The molecule has 158 valence electrons. The van der Waals surface area contributed by atoms with Crippen LogP contribution in [0.2, 0.25) is 0 Å². The Morgan fingerprint density at radius 3 is 2.59 bits per heavy atom. The summed E-state index contributed by atoms with van der Waals surface area (Å²) in [5, 5.41) is 18.8. The van der Waals surface area contributed by atoms with E-state index >= 15 is 0 Å². The van der Waals surface area contributed by atoms with Crippen LogP contribution in [0.1, 0.15) is 16.8 Å². The zero-order valence-corrected chi connectivity index (χ0v) is 17.8. The lowest BCUT2D eigenvalue weighted by atomic mass is 10.0. The molecule has 0 aliphatic rings. The number of rotatable bonds is 5. The molecule has 5 rings (SSSR count). The molecular formula is C24H22N8. The third-order valence-corrected chi connectivity index (χ3v) is 5.40. The van der Waals surface area contributed by atoms with E-state index in [1.54, 1.807) is 0 Å². The van der Waals surface area contributed by atoms with Crippen LogP contribution in [-0.2, 0) is 6.54 Å². The summed E-state index contributed by atoms with van der Waals surface area (Å²) in [6.45, 7) is 4.58. The van der Waals surface area contributed by atoms with E-state index in [1.165, 1.54) is 0 Å². The van der Waals surface area contributed by atoms with Crippen molar-refractivity contribution < 1.29 is 0 Å². The van der Waals surface area contributed by atoms with Crippen molar-refractivity contribution in [3.63, 3.8) is 0 Å². The summed E-state index contributed by atoms with van der Waals surface area (Å²) in [5.41, 5.74) is 13.6. The Morgan fingerprint density at radius 1 is 0.938 bits per heavy atom. The van der Waals surface area contributed by atoms with Gasteiger partial charge in [0.15, 0.2) is 0 Å². The van der Waals surface area contributed by atoms with Crippen LogP contribution in [0.5, 0.6) is 0 Å². The molecular weight excluding hydrogens is 400 g/mol. The minimum Gasteiger partial charge on any atom is -0.396 e. The molecule has 0 bridgehead atoms. The second kappa shape index (κ2) is 8.07. The number of nitrogen functional groups attached to an aromatic ring is 1. The first-order valence-corrected chi connectivity index (χ1v) is 10.3. The van der Waals surface area contributed by atoms with E-state index in [2.05, 4.69) is 49.1 Å². The Bertz CT molecular complexity index is 1410. The second-order valence-corrected chi connectivity index (χ2v) is 7.70. The number of fused-ring (bicyclic) bond motifs is 1. The maximum atomic E-state index is 6.18. The van der Waals surface area contributed by atoms with Crippen molar-refractivity contribution in [2.45, 2.75) is 20.4 Å². The summed E-state index contributed by atoms with van der Waals surface area (Å²) in [6, 6.07) is 20.2. The molecule has 0 atom stereocenters. The predicted molar refractivity (Wildman–Crippen MR) is 126 cm³/mol. The second-order valence-electron chi connectivity index (χ2n) is 7.70. The van der Waals surface area contributed by atoms with Gasteiger partial charge in [-0.25, -0.2) is 9.97 Å². The molecule has 0 fully saturated rings. The molecule has 2 aromatic carbocycles. The Kier molecular flexibility index (Phi) is 4.95. The van der Waals surface area contributed by atoms with Gasteiger partial charge in [0, 0.05) is 28.8 Å². The minimum atomic E-state index is 0.545. The van der Waals surface area contributed by atoms with E-state index in [1.807, 2.05) is 56.3 Å². The zero-order chi connectivity index (χ0) is 22.1. The SMILES string of the molecule is Cc1cc(C)c(N)c(NCc2ccc3nc(-c4ccccc4-c4nn[nH]n4)ccc3c2)n1. The first-order valence-electron chi connectivity index (χ1n) is 10.3. The molecule has 8 heteroatoms. The third-order valence-electron chi connectivity index (χ3n) is 5.40. The van der Waals surface area contributed by atoms with Gasteiger partial charge in [0.1, 0.15) is 5.82 Å². The lowest BCUT2D eigenvalue weighted by Crippen LogP contribution is -2.06. The number of anilines is 2. The number of benzene rings is 2. The predicted octanol–water partition coefficient (Wildman–Crippen LogP) is 4.29. The standard InChI is InChI=1S/C24H22N8/c1-14-11-15(2)27-24(22(14)25)26-13-16-7-9-20-17(12-16)8-10-21(28-20)18-5-3-4-6-19(18)23-29-31-32-30-23/h3-12H,13,25H2,1-2H3,(H,26,27)(H,29,30,31,32). The molecule has 8 nitrogen and oxygen atoms in total. The van der Waals surface area contributed by atoms with Gasteiger partial charge in [-0.1, -0.05) is 36.4 Å². The van der Waals surface area contributed by atoms with Crippen LogP contribution in [0, 0.1) is 13.8 Å². The number of hydrogen-bond acceptors (Lipinski definition) is 7. The molecule has 3 aromatic heterocycles. The molecule has 0 unspecified atom stereocenters. The van der Waals surface area contributed by atoms with Crippen molar-refractivity contribution in [1.82, 2.24) is 30.6 Å². The number of aromatic amines is 1. The first-order chi connectivity index (χ1) is 15.6. The summed E-state index contributed by atoms with van der Waals surface area (Å²) in [7, 11) is 0. The number of aromatic nitrogens is 6. The Labute approximate surface area is 184 Å². The number of nitrogens with one attached hydrogen (secondary N) is 2. The van der Waals surface area contributed by atoms with E-state index in [4.69, 9.17) is 10.7 Å². The summed E-state index contributed by atoms with van der Waals surface area (Å²) < 4.78 is 0. The van der Waals surface area contributed by atoms with E-state index in [-0.39, 0.29) is 0 Å². The van der Waals surface area contributed by atoms with Gasteiger partial charge in [0.05, 0.1) is 16.9 Å². The van der Waals surface area contributed by atoms with Crippen LogP contribution in [0.3, 0.4) is 0 Å². The molecule has 0 aliphatic heterocycles. The fourth-order valence-electron chi connectivity index (χ4n) is 3.78. The van der Waals surface area contributed by atoms with Crippen molar-refractivity contribution in [2.75, 3.05) is 11.1 Å². The fraction of sp³-hybridized carbons (Fsp3) is 0.125. The normalized spacial score (nSPS) is 11.1. The van der Waals surface area contributed by atoms with Gasteiger partial charge in [-0.05, 0) is 54.5 Å². The maximum Gasteiger partial charge on any atom is 0.205 e. The van der Waals surface area contributed by atoms with Gasteiger partial charge in [-0.15, -0.1) is 10.2 Å². The monoisotopic (exact) mass is 422 g/mol. The molecule has 3 heterocycles. The largest absolute Gasteiger partial charge is 0.396 e. The average Bonchev–Trinajstić information content (AvgIpc) is 3.35. The highest BCUT2D eigenvalue weighted by molar-refractivity contribution is 5.85. The summed E-state index contributed by atoms with van der Waals surface area (Å²) >= 11 is 0. The summed E-state index contributed by atoms with van der Waals surface area (Å²) in [5.74, 6) is 1.26. The highest BCUT2D eigenvalue weighted by Crippen LogP contribution is 2.30. The number of aryl methyl sites for hydroxylation is 2. The topological polar surface area (TPSA) is 118 Å². The first kappa shape index (κ1) is 19.6. The van der Waals surface area contributed by atoms with E-state index in [0.717, 1.165) is 44.5 Å². The number of tetrazole rings is 1. The van der Waals surface area contributed by atoms with Crippen LogP contribution in [0.4, 0.5) is 11.5 Å². The molecule has 32 heavy (non-hydrogen) atoms. The Morgan fingerprint density at radius 2 is 1.78 bits per heavy atom. The molecule has 4 N–H and O–H groups in total. The van der Waals surface area contributed by atoms with Crippen LogP contribution in [0.25, 0.3) is 33.5 Å². The number of H-pyrrole nitrogens is 1. The molecule has 0 spiro atoms. The number of hydrogen-bond donors (Lipinski definition) is 3. The van der Waals surface area contributed by atoms with Crippen molar-refractivity contribution in [3.8, 4) is 22.6 Å². The van der Waals surface area contributed by atoms with E-state index in [9.17, 15) is 0 Å². The minimum absolute atomic E-state index is 0.545. The van der Waals surface area contributed by atoms with Crippen LogP contribution in [-0.4, -0.2) is 30.6 Å². The number of pyridine rings is 2. The van der Waals surface area contributed by atoms with Crippen molar-refractivity contribution in [1.29, 1.82) is 0 Å². The van der Waals surface area contributed by atoms with Gasteiger partial charge in [0.2, 0.25) is 5.82 Å². The highest BCUT2D eigenvalue weighted by atomic mass is 15.5. The van der Waals surface area contributed by atoms with Crippen molar-refractivity contribution in [3.05, 3.63) is 77.5 Å². The van der Waals surface area contributed by atoms with Crippen molar-refractivity contribution >= 4 is 22.4 Å². The fourth-order valence-corrected chi connectivity index (χ4v) is 3.78. The van der Waals surface area contributed by atoms with Crippen LogP contribution < -0.4 is 11.1 Å². The number of nitrogens with two attached hydrogens (primary N) is 1. The quantitative estimate of drug-likeness (QED) is 0.387. The highest BCUT2D eigenvalue weighted by Gasteiger charge is 2.12. The van der Waals surface area contributed by atoms with Crippen LogP contribution >= 0.6 is 0 Å². The zero-order valence-electron chi connectivity index (χ0n) is 17.8. The van der Waals surface area contributed by atoms with Gasteiger partial charge < -0.3 is 11.1 Å². The third kappa shape index (κ3) is 3.74. The van der Waals surface area contributed by atoms with Crippen molar-refractivity contribution in [2.24, 2.45) is 0 Å². The number of nitrogens with zero attached hydrogens (tertiary/aromatic N) is 5. The van der Waals surface area contributed by atoms with E-state index < -0.39 is 0 Å². The molecule has 5 aromatic rings. The van der Waals surface area contributed by atoms with Crippen LogP contribution in [0.15, 0.2) is 60.7 Å². The smallest absolute Gasteiger partial charge is 0.205 e. The summed E-state index contributed by atoms with van der Waals surface area (Å²) in [4.78, 5) is 9.39. The molecule has 0 saturated heterocycles. The van der Waals surface area contributed by atoms with Gasteiger partial charge in [-0.3, -0.25) is 0 Å². The molecule has 0 saturated carbocycles. The average molecular weight is 422 g/mol. The van der Waals surface area contributed by atoms with E-state index in [0.29, 0.717) is 23.9 Å². The lowest BCUT2D eigenvalue weighted by molar-refractivity contribution is 0.881. The lowest BCUT2D eigenvalue weighted by Gasteiger charge is -2.12. The Hall–Kier alpha value is -4.33. The van der Waals surface area contributed by atoms with Gasteiger partial charge >= 0.3 is 0 Å². The Balaban J connectivity index is 1.43.